The molecule has 0 spiro atoms. The normalized spacial score (nSPS) is 15.7. The molecule has 2 aliphatic heterocycles. The first-order chi connectivity index (χ1) is 16.6. The summed E-state index contributed by atoms with van der Waals surface area (Å²) in [6, 6.07) is 14.4. The maximum Gasteiger partial charge on any atom is 0.261 e. The molecule has 174 valence electrons. The number of para-hydroxylation sites is 1. The maximum absolute atomic E-state index is 13.2. The van der Waals surface area contributed by atoms with Crippen LogP contribution in [0.2, 0.25) is 0 Å². The first-order valence-electron chi connectivity index (χ1n) is 11.5. The highest BCUT2D eigenvalue weighted by Gasteiger charge is 2.36. The molecule has 0 atom stereocenters. The van der Waals surface area contributed by atoms with Crippen molar-refractivity contribution in [3.8, 4) is 5.69 Å². The van der Waals surface area contributed by atoms with E-state index in [9.17, 15) is 14.4 Å². The molecule has 5 rings (SSSR count). The van der Waals surface area contributed by atoms with Gasteiger partial charge in [-0.05, 0) is 47.2 Å². The number of piperazine rings is 1. The molecule has 34 heavy (non-hydrogen) atoms. The van der Waals surface area contributed by atoms with Crippen LogP contribution in [0.25, 0.3) is 5.69 Å². The highest BCUT2D eigenvalue weighted by molar-refractivity contribution is 6.22. The number of imide groups is 1. The Morgan fingerprint density at radius 1 is 0.941 bits per heavy atom. The van der Waals surface area contributed by atoms with Crippen molar-refractivity contribution in [3.05, 3.63) is 65.2 Å². The van der Waals surface area contributed by atoms with Crippen molar-refractivity contribution in [2.24, 2.45) is 0 Å². The quantitative estimate of drug-likeness (QED) is 0.520. The van der Waals surface area contributed by atoms with Gasteiger partial charge in [0.15, 0.2) is 0 Å². The minimum atomic E-state index is -0.319. The summed E-state index contributed by atoms with van der Waals surface area (Å²) >= 11 is 0. The number of amides is 3. The zero-order valence-electron chi connectivity index (χ0n) is 18.9. The molecule has 0 saturated carbocycles. The molecule has 0 radical (unpaired) electrons. The lowest BCUT2D eigenvalue weighted by Gasteiger charge is -2.34. The third kappa shape index (κ3) is 3.81. The number of nitrogens with zero attached hydrogens (tertiary/aromatic N) is 7. The zero-order chi connectivity index (χ0) is 23.7. The fourth-order valence-electron chi connectivity index (χ4n) is 4.35. The number of anilines is 1. The number of carbonyl (C=O) groups is 3. The number of benzene rings is 2. The summed E-state index contributed by atoms with van der Waals surface area (Å²) in [7, 11) is 0. The molecule has 3 aromatic rings. The number of rotatable bonds is 6. The lowest BCUT2D eigenvalue weighted by atomic mass is 10.0. The average Bonchev–Trinajstić information content (AvgIpc) is 3.46. The highest BCUT2D eigenvalue weighted by atomic mass is 16.2. The van der Waals surface area contributed by atoms with E-state index in [1.165, 1.54) is 4.90 Å². The maximum atomic E-state index is 13.2. The highest BCUT2D eigenvalue weighted by Crippen LogP contribution is 2.25. The van der Waals surface area contributed by atoms with Crippen LogP contribution in [0.4, 0.5) is 5.95 Å². The lowest BCUT2D eigenvalue weighted by Crippen LogP contribution is -2.49. The number of hydrogen-bond acceptors (Lipinski definition) is 7. The van der Waals surface area contributed by atoms with Gasteiger partial charge in [0.2, 0.25) is 5.95 Å². The Hall–Kier alpha value is -4.08. The molecule has 1 fully saturated rings. The second-order valence-electron chi connectivity index (χ2n) is 8.38. The molecule has 2 aromatic carbocycles. The van der Waals surface area contributed by atoms with Gasteiger partial charge in [0.1, 0.15) is 0 Å². The molecule has 1 saturated heterocycles. The van der Waals surface area contributed by atoms with Crippen LogP contribution >= 0.6 is 0 Å². The Morgan fingerprint density at radius 2 is 1.68 bits per heavy atom. The van der Waals surface area contributed by atoms with Gasteiger partial charge in [0.05, 0.1) is 16.8 Å². The van der Waals surface area contributed by atoms with Gasteiger partial charge in [-0.25, -0.2) is 0 Å². The summed E-state index contributed by atoms with van der Waals surface area (Å²) < 4.78 is 1.69. The largest absolute Gasteiger partial charge is 0.336 e. The Morgan fingerprint density at radius 3 is 2.41 bits per heavy atom. The van der Waals surface area contributed by atoms with E-state index in [0.29, 0.717) is 55.4 Å². The molecule has 0 unspecified atom stereocenters. The van der Waals surface area contributed by atoms with E-state index in [2.05, 4.69) is 15.5 Å². The molecule has 0 bridgehead atoms. The molecule has 1 aromatic heterocycles. The molecule has 10 heteroatoms. The minimum absolute atomic E-state index is 0.155. The van der Waals surface area contributed by atoms with E-state index in [4.69, 9.17) is 0 Å². The van der Waals surface area contributed by atoms with Crippen molar-refractivity contribution in [3.63, 3.8) is 0 Å². The fourth-order valence-corrected chi connectivity index (χ4v) is 4.35. The monoisotopic (exact) mass is 459 g/mol. The third-order valence-electron chi connectivity index (χ3n) is 6.26. The second-order valence-corrected chi connectivity index (χ2v) is 8.38. The first-order valence-corrected chi connectivity index (χ1v) is 11.5. The van der Waals surface area contributed by atoms with E-state index in [1.807, 2.05) is 42.2 Å². The van der Waals surface area contributed by atoms with E-state index in [0.717, 1.165) is 18.5 Å². The third-order valence-corrected chi connectivity index (χ3v) is 6.26. The molecular formula is C24H25N7O3. The van der Waals surface area contributed by atoms with E-state index in [1.54, 1.807) is 27.8 Å². The number of hydrogen-bond donors (Lipinski definition) is 0. The van der Waals surface area contributed by atoms with Gasteiger partial charge in [-0.2, -0.15) is 4.68 Å². The fraction of sp³-hybridized carbons (Fsp3) is 0.333. The van der Waals surface area contributed by atoms with E-state index >= 15 is 0 Å². The van der Waals surface area contributed by atoms with E-state index < -0.39 is 0 Å². The van der Waals surface area contributed by atoms with Crippen molar-refractivity contribution >= 4 is 23.7 Å². The standard InChI is InChI=1S/C24H25N7O3/c1-2-3-11-30-22(33)19-10-9-17(16-20(19)23(30)34)21(32)28-12-14-29(15-13-28)24-25-26-27-31(24)18-7-5-4-6-8-18/h4-10,16H,2-3,11-15H2,1H3. The molecule has 2 aliphatic rings. The summed E-state index contributed by atoms with van der Waals surface area (Å²) in [5.41, 5.74) is 1.97. The van der Waals surface area contributed by atoms with Crippen LogP contribution < -0.4 is 4.90 Å². The van der Waals surface area contributed by atoms with Crippen LogP contribution in [-0.2, 0) is 0 Å². The van der Waals surface area contributed by atoms with Crippen LogP contribution in [0, 0.1) is 0 Å². The predicted molar refractivity (Wildman–Crippen MR) is 124 cm³/mol. The first kappa shape index (κ1) is 21.7. The van der Waals surface area contributed by atoms with Gasteiger partial charge < -0.3 is 9.80 Å². The smallest absolute Gasteiger partial charge is 0.261 e. The number of fused-ring (bicyclic) bond motifs is 1. The Bertz CT molecular complexity index is 1230. The number of aromatic nitrogens is 4. The number of unbranched alkanes of at least 4 members (excludes halogenated alkanes) is 1. The molecule has 0 N–H and O–H groups in total. The van der Waals surface area contributed by atoms with Gasteiger partial charge >= 0.3 is 0 Å². The summed E-state index contributed by atoms with van der Waals surface area (Å²) in [6.07, 6.45) is 1.65. The molecule has 3 heterocycles. The molecule has 3 amide bonds. The Labute approximate surface area is 196 Å². The molecule has 0 aliphatic carbocycles. The van der Waals surface area contributed by atoms with Crippen molar-refractivity contribution in [1.29, 1.82) is 0 Å². The summed E-state index contributed by atoms with van der Waals surface area (Å²) in [6.45, 7) is 4.55. The summed E-state index contributed by atoms with van der Waals surface area (Å²) in [4.78, 5) is 43.6. The predicted octanol–water partition coefficient (Wildman–Crippen LogP) is 2.02. The SMILES string of the molecule is CCCCN1C(=O)c2ccc(C(=O)N3CCN(c4nnnn4-c4ccccc4)CC3)cc2C1=O. The van der Waals surface area contributed by atoms with Crippen LogP contribution in [0.3, 0.4) is 0 Å². The second kappa shape index (κ2) is 9.05. The number of carbonyl (C=O) groups excluding carboxylic acids is 3. The molecular weight excluding hydrogens is 434 g/mol. The van der Waals surface area contributed by atoms with Crippen LogP contribution in [-0.4, -0.2) is 80.5 Å². The van der Waals surface area contributed by atoms with Gasteiger partial charge in [-0.15, -0.1) is 0 Å². The van der Waals surface area contributed by atoms with Crippen LogP contribution in [0.5, 0.6) is 0 Å². The zero-order valence-corrected chi connectivity index (χ0v) is 18.9. The van der Waals surface area contributed by atoms with Crippen LogP contribution in [0.15, 0.2) is 48.5 Å². The van der Waals surface area contributed by atoms with Crippen molar-refractivity contribution < 1.29 is 14.4 Å². The summed E-state index contributed by atoms with van der Waals surface area (Å²) in [5.74, 6) is -0.123. The topological polar surface area (TPSA) is 105 Å². The van der Waals surface area contributed by atoms with Gasteiger partial charge in [-0.3, -0.25) is 19.3 Å². The van der Waals surface area contributed by atoms with Crippen molar-refractivity contribution in [2.75, 3.05) is 37.6 Å². The molecule has 10 nitrogen and oxygen atoms in total. The van der Waals surface area contributed by atoms with Gasteiger partial charge in [0.25, 0.3) is 17.7 Å². The summed E-state index contributed by atoms with van der Waals surface area (Å²) in [5, 5.41) is 12.1. The Balaban J connectivity index is 1.27. The number of tetrazole rings is 1. The average molecular weight is 460 g/mol. The van der Waals surface area contributed by atoms with Gasteiger partial charge in [-0.1, -0.05) is 36.6 Å². The van der Waals surface area contributed by atoms with E-state index in [-0.39, 0.29) is 17.7 Å². The van der Waals surface area contributed by atoms with Gasteiger partial charge in [0, 0.05) is 38.3 Å². The van der Waals surface area contributed by atoms with Crippen molar-refractivity contribution in [1.82, 2.24) is 30.0 Å². The lowest BCUT2D eigenvalue weighted by molar-refractivity contribution is 0.0651. The Kier molecular flexibility index (Phi) is 5.79. The minimum Gasteiger partial charge on any atom is -0.336 e. The van der Waals surface area contributed by atoms with Crippen LogP contribution in [0.1, 0.15) is 50.8 Å². The van der Waals surface area contributed by atoms with Crippen molar-refractivity contribution in [2.45, 2.75) is 19.8 Å².